The zero-order valence-electron chi connectivity index (χ0n) is 23.5. The SMILES string of the molecule is N#Cc1ccc(C(=N)c2ccccc2/N=C/c2ccc(-n3c4ccccc4c4ccc5c6ccccc6sc5c43)cc2)cc1. The van der Waals surface area contributed by atoms with E-state index < -0.39 is 0 Å². The van der Waals surface area contributed by atoms with Gasteiger partial charge in [0.15, 0.2) is 0 Å². The summed E-state index contributed by atoms with van der Waals surface area (Å²) in [6, 6.07) is 47.2. The molecule has 0 amide bonds. The molecule has 0 saturated heterocycles. The Balaban J connectivity index is 1.19. The number of nitriles is 1. The van der Waals surface area contributed by atoms with Crippen molar-refractivity contribution >= 4 is 70.9 Å². The number of thiophene rings is 1. The second-order valence-corrected chi connectivity index (χ2v) is 11.8. The standard InChI is InChI=1S/C39H24N4S/c40-23-25-13-17-27(18-14-25)37(41)33-9-1-4-10-34(33)42-24-26-15-19-28(20-16-26)43-35-11-5-2-7-29(35)31-21-22-32-30-8-3-6-12-36(30)44-39(32)38(31)43/h1-22,24,41H/b41-37?,42-24+. The van der Waals surface area contributed by atoms with Crippen LogP contribution in [0, 0.1) is 16.7 Å². The summed E-state index contributed by atoms with van der Waals surface area (Å²) in [5.74, 6) is 0. The molecule has 0 saturated carbocycles. The van der Waals surface area contributed by atoms with Gasteiger partial charge in [0.2, 0.25) is 0 Å². The van der Waals surface area contributed by atoms with Crippen LogP contribution in [0.1, 0.15) is 22.3 Å². The maximum atomic E-state index is 9.12. The van der Waals surface area contributed by atoms with Gasteiger partial charge in [-0.15, -0.1) is 11.3 Å². The Morgan fingerprint density at radius 3 is 2.23 bits per heavy atom. The summed E-state index contributed by atoms with van der Waals surface area (Å²) in [4.78, 5) is 4.79. The molecule has 8 rings (SSSR count). The molecule has 2 aromatic heterocycles. The lowest BCUT2D eigenvalue weighted by atomic mass is 10.00. The van der Waals surface area contributed by atoms with E-state index in [1.165, 1.54) is 42.0 Å². The van der Waals surface area contributed by atoms with Crippen LogP contribution in [0.15, 0.2) is 138 Å². The second kappa shape index (κ2) is 10.5. The summed E-state index contributed by atoms with van der Waals surface area (Å²) >= 11 is 1.85. The van der Waals surface area contributed by atoms with Gasteiger partial charge in [-0.25, -0.2) is 0 Å². The molecule has 0 spiro atoms. The van der Waals surface area contributed by atoms with Crippen molar-refractivity contribution in [1.29, 1.82) is 10.7 Å². The molecule has 0 fully saturated rings. The monoisotopic (exact) mass is 580 g/mol. The molecule has 0 radical (unpaired) electrons. The molecule has 0 aliphatic rings. The minimum atomic E-state index is 0.372. The van der Waals surface area contributed by atoms with E-state index in [2.05, 4.69) is 95.6 Å². The summed E-state index contributed by atoms with van der Waals surface area (Å²) in [6.07, 6.45) is 1.85. The number of para-hydroxylation sites is 2. The van der Waals surface area contributed by atoms with Gasteiger partial charge in [-0.2, -0.15) is 5.26 Å². The van der Waals surface area contributed by atoms with Crippen LogP contribution in [0.25, 0.3) is 47.7 Å². The molecular weight excluding hydrogens is 557 g/mol. The number of nitrogens with one attached hydrogen (secondary N) is 1. The number of fused-ring (bicyclic) bond motifs is 7. The number of aliphatic imine (C=N–C) groups is 1. The molecule has 0 atom stereocenters. The molecule has 0 bridgehead atoms. The summed E-state index contributed by atoms with van der Waals surface area (Å²) in [6.45, 7) is 0. The van der Waals surface area contributed by atoms with E-state index in [9.17, 15) is 0 Å². The summed E-state index contributed by atoms with van der Waals surface area (Å²) in [5, 5.41) is 23.0. The van der Waals surface area contributed by atoms with Gasteiger partial charge in [0.25, 0.3) is 0 Å². The zero-order chi connectivity index (χ0) is 29.6. The number of rotatable bonds is 5. The first-order valence-corrected chi connectivity index (χ1v) is 15.2. The molecule has 4 nitrogen and oxygen atoms in total. The molecule has 0 aliphatic heterocycles. The Morgan fingerprint density at radius 2 is 1.41 bits per heavy atom. The number of nitrogens with zero attached hydrogens (tertiary/aromatic N) is 3. The van der Waals surface area contributed by atoms with E-state index in [0.29, 0.717) is 11.3 Å². The van der Waals surface area contributed by atoms with Crippen LogP contribution >= 0.6 is 11.3 Å². The van der Waals surface area contributed by atoms with Crippen LogP contribution in [0.5, 0.6) is 0 Å². The van der Waals surface area contributed by atoms with Crippen molar-refractivity contribution in [2.45, 2.75) is 0 Å². The molecule has 8 aromatic rings. The van der Waals surface area contributed by atoms with E-state index in [4.69, 9.17) is 15.7 Å². The number of hydrogen-bond acceptors (Lipinski definition) is 4. The minimum Gasteiger partial charge on any atom is -0.308 e. The molecule has 0 unspecified atom stereocenters. The Labute approximate surface area is 257 Å². The van der Waals surface area contributed by atoms with E-state index in [-0.39, 0.29) is 0 Å². The quantitative estimate of drug-likeness (QED) is 0.202. The van der Waals surface area contributed by atoms with Crippen LogP contribution in [0.3, 0.4) is 0 Å². The van der Waals surface area contributed by atoms with E-state index >= 15 is 0 Å². The van der Waals surface area contributed by atoms with E-state index in [1.807, 2.05) is 41.8 Å². The maximum Gasteiger partial charge on any atom is 0.0991 e. The van der Waals surface area contributed by atoms with Crippen LogP contribution in [0.2, 0.25) is 0 Å². The lowest BCUT2D eigenvalue weighted by Gasteiger charge is -2.09. The smallest absolute Gasteiger partial charge is 0.0991 e. The summed E-state index contributed by atoms with van der Waals surface area (Å²) in [5.41, 5.74) is 7.65. The third kappa shape index (κ3) is 4.20. The Morgan fingerprint density at radius 1 is 0.705 bits per heavy atom. The van der Waals surface area contributed by atoms with Gasteiger partial charge < -0.3 is 4.57 Å². The average molecular weight is 581 g/mol. The lowest BCUT2D eigenvalue weighted by Crippen LogP contribution is -2.01. The molecule has 1 N–H and O–H groups in total. The highest BCUT2D eigenvalue weighted by atomic mass is 32.1. The van der Waals surface area contributed by atoms with Gasteiger partial charge in [-0.05, 0) is 48.0 Å². The zero-order valence-corrected chi connectivity index (χ0v) is 24.3. The summed E-state index contributed by atoms with van der Waals surface area (Å²) in [7, 11) is 0. The lowest BCUT2D eigenvalue weighted by molar-refractivity contribution is 1.19. The van der Waals surface area contributed by atoms with Crippen molar-refractivity contribution in [1.82, 2.24) is 4.57 Å². The normalized spacial score (nSPS) is 11.6. The fourth-order valence-corrected chi connectivity index (χ4v) is 7.26. The molecule has 5 heteroatoms. The van der Waals surface area contributed by atoms with Crippen LogP contribution in [0.4, 0.5) is 5.69 Å². The van der Waals surface area contributed by atoms with Gasteiger partial charge in [0.05, 0.1) is 38.8 Å². The second-order valence-electron chi connectivity index (χ2n) is 10.7. The number of hydrogen-bond donors (Lipinski definition) is 1. The van der Waals surface area contributed by atoms with E-state index in [0.717, 1.165) is 28.1 Å². The predicted octanol–water partition coefficient (Wildman–Crippen LogP) is 10.2. The van der Waals surface area contributed by atoms with Crippen molar-refractivity contribution in [2.75, 3.05) is 0 Å². The fourth-order valence-electron chi connectivity index (χ4n) is 6.02. The maximum absolute atomic E-state index is 9.12. The number of benzene rings is 6. The average Bonchev–Trinajstić information content (AvgIpc) is 3.63. The third-order valence-corrected chi connectivity index (χ3v) is 9.35. The molecule has 6 aromatic carbocycles. The highest BCUT2D eigenvalue weighted by Crippen LogP contribution is 2.42. The Kier molecular flexibility index (Phi) is 6.15. The minimum absolute atomic E-state index is 0.372. The first-order valence-electron chi connectivity index (χ1n) is 14.4. The highest BCUT2D eigenvalue weighted by molar-refractivity contribution is 7.26. The first kappa shape index (κ1) is 25.8. The Hall–Kier alpha value is -5.83. The van der Waals surface area contributed by atoms with Crippen molar-refractivity contribution in [2.24, 2.45) is 4.99 Å². The Bertz CT molecular complexity index is 2450. The fraction of sp³-hybridized carbons (Fsp3) is 0. The molecular formula is C39H24N4S. The van der Waals surface area contributed by atoms with Gasteiger partial charge in [0, 0.05) is 49.3 Å². The van der Waals surface area contributed by atoms with Crippen molar-refractivity contribution in [3.05, 3.63) is 156 Å². The van der Waals surface area contributed by atoms with Gasteiger partial charge >= 0.3 is 0 Å². The van der Waals surface area contributed by atoms with Gasteiger partial charge in [-0.3, -0.25) is 10.4 Å². The van der Waals surface area contributed by atoms with Crippen LogP contribution in [-0.2, 0) is 0 Å². The summed E-state index contributed by atoms with van der Waals surface area (Å²) < 4.78 is 4.98. The molecule has 44 heavy (non-hydrogen) atoms. The largest absolute Gasteiger partial charge is 0.308 e. The van der Waals surface area contributed by atoms with Crippen molar-refractivity contribution < 1.29 is 0 Å². The highest BCUT2D eigenvalue weighted by Gasteiger charge is 2.17. The van der Waals surface area contributed by atoms with Gasteiger partial charge in [0.1, 0.15) is 0 Å². The molecule has 206 valence electrons. The van der Waals surface area contributed by atoms with Crippen LogP contribution < -0.4 is 0 Å². The van der Waals surface area contributed by atoms with Gasteiger partial charge in [-0.1, -0.05) is 91.0 Å². The third-order valence-electron chi connectivity index (χ3n) is 8.16. The van der Waals surface area contributed by atoms with E-state index in [1.54, 1.807) is 24.3 Å². The van der Waals surface area contributed by atoms with Crippen LogP contribution in [-0.4, -0.2) is 16.5 Å². The molecule has 0 aliphatic carbocycles. The number of aromatic nitrogens is 1. The predicted molar refractivity (Wildman–Crippen MR) is 184 cm³/mol. The van der Waals surface area contributed by atoms with Crippen molar-refractivity contribution in [3.8, 4) is 11.8 Å². The van der Waals surface area contributed by atoms with Crippen molar-refractivity contribution in [3.63, 3.8) is 0 Å². The molecule has 2 heterocycles. The first-order chi connectivity index (χ1) is 21.7. The topological polar surface area (TPSA) is 64.9 Å².